The summed E-state index contributed by atoms with van der Waals surface area (Å²) in [7, 11) is 0. The summed E-state index contributed by atoms with van der Waals surface area (Å²) in [5.41, 5.74) is 2.09. The predicted molar refractivity (Wildman–Crippen MR) is 89.9 cm³/mol. The van der Waals surface area contributed by atoms with Crippen LogP contribution in [0.5, 0.6) is 0 Å². The number of carbonyl (C=O) groups is 1. The molecule has 0 N–H and O–H groups in total. The van der Waals surface area contributed by atoms with Gasteiger partial charge in [-0.25, -0.2) is 4.79 Å². The first kappa shape index (κ1) is 17.2. The lowest BCUT2D eigenvalue weighted by Gasteiger charge is -2.09. The second-order valence-electron chi connectivity index (χ2n) is 5.17. The molecule has 1 rings (SSSR count). The minimum atomic E-state index is -0.335. The predicted octanol–water partition coefficient (Wildman–Crippen LogP) is 5.25. The van der Waals surface area contributed by atoms with Gasteiger partial charge in [0.15, 0.2) is 0 Å². The smallest absolute Gasteiger partial charge is 0.338 e. The Morgan fingerprint density at radius 1 is 1.14 bits per heavy atom. The molecule has 0 aliphatic carbocycles. The van der Waals surface area contributed by atoms with Crippen LogP contribution in [-0.2, 0) is 9.53 Å². The van der Waals surface area contributed by atoms with Gasteiger partial charge in [-0.1, -0.05) is 82.5 Å². The second-order valence-corrected chi connectivity index (χ2v) is 5.17. The highest BCUT2D eigenvalue weighted by molar-refractivity contribution is 6.16. The van der Waals surface area contributed by atoms with E-state index < -0.39 is 0 Å². The van der Waals surface area contributed by atoms with Crippen LogP contribution >= 0.6 is 0 Å². The number of ether oxygens (including phenoxy) is 1. The zero-order valence-corrected chi connectivity index (χ0v) is 13.1. The van der Waals surface area contributed by atoms with Gasteiger partial charge in [0.1, 0.15) is 0 Å². The topological polar surface area (TPSA) is 26.3 Å². The Balaban J connectivity index is 2.35. The van der Waals surface area contributed by atoms with E-state index in [2.05, 4.69) is 20.1 Å². The fraction of sp³-hybridized carbons (Fsp3) is 0.421. The van der Waals surface area contributed by atoms with Crippen LogP contribution in [0.15, 0.2) is 37.4 Å². The van der Waals surface area contributed by atoms with Gasteiger partial charge in [-0.15, -0.1) is 0 Å². The maximum Gasteiger partial charge on any atom is 0.338 e. The first-order valence-electron chi connectivity index (χ1n) is 7.78. The molecular formula is C19H26O2. The largest absolute Gasteiger partial charge is 0.462 e. The third-order valence-electron chi connectivity index (χ3n) is 3.48. The normalized spacial score (nSPS) is 10.1. The molecule has 2 nitrogen and oxygen atoms in total. The standard InChI is InChI=1S/C19H26O2/c1-4-6-7-8-9-12-15-21-19(20)16(3)18-14-11-10-13-17(18)5-2/h5,10-11,13-14H,2-4,6-9,12,15H2,1H3. The maximum absolute atomic E-state index is 12.0. The number of rotatable bonds is 10. The minimum absolute atomic E-state index is 0.335. The molecule has 0 saturated carbocycles. The Morgan fingerprint density at radius 3 is 2.52 bits per heavy atom. The molecule has 0 atom stereocenters. The summed E-state index contributed by atoms with van der Waals surface area (Å²) < 4.78 is 5.29. The van der Waals surface area contributed by atoms with Crippen molar-refractivity contribution < 1.29 is 9.53 Å². The van der Waals surface area contributed by atoms with Crippen LogP contribution in [-0.4, -0.2) is 12.6 Å². The average molecular weight is 286 g/mol. The van der Waals surface area contributed by atoms with Crippen LogP contribution in [0, 0.1) is 0 Å². The van der Waals surface area contributed by atoms with Gasteiger partial charge in [0, 0.05) is 0 Å². The number of benzene rings is 1. The van der Waals surface area contributed by atoms with Crippen molar-refractivity contribution >= 4 is 17.6 Å². The number of hydrogen-bond acceptors (Lipinski definition) is 2. The molecule has 1 aromatic rings. The Kier molecular flexibility index (Phi) is 8.18. The van der Waals surface area contributed by atoms with Crippen LogP contribution in [0.3, 0.4) is 0 Å². The van der Waals surface area contributed by atoms with Crippen LogP contribution in [0.2, 0.25) is 0 Å². The lowest BCUT2D eigenvalue weighted by molar-refractivity contribution is -0.136. The average Bonchev–Trinajstić information content (AvgIpc) is 2.53. The van der Waals surface area contributed by atoms with Gasteiger partial charge in [-0.3, -0.25) is 0 Å². The van der Waals surface area contributed by atoms with Crippen molar-refractivity contribution in [2.45, 2.75) is 45.4 Å². The fourth-order valence-electron chi connectivity index (χ4n) is 2.19. The molecule has 0 aliphatic rings. The summed E-state index contributed by atoms with van der Waals surface area (Å²) in [6, 6.07) is 7.57. The molecule has 0 aliphatic heterocycles. The molecule has 0 heterocycles. The SMILES string of the molecule is C=Cc1ccccc1C(=C)C(=O)OCCCCCCCC. The number of hydrogen-bond donors (Lipinski definition) is 0. The van der Waals surface area contributed by atoms with Crippen molar-refractivity contribution in [3.63, 3.8) is 0 Å². The molecule has 0 aromatic heterocycles. The molecule has 21 heavy (non-hydrogen) atoms. The van der Waals surface area contributed by atoms with Crippen LogP contribution < -0.4 is 0 Å². The highest BCUT2D eigenvalue weighted by Crippen LogP contribution is 2.20. The summed E-state index contributed by atoms with van der Waals surface area (Å²) in [4.78, 5) is 12.0. The van der Waals surface area contributed by atoms with Crippen molar-refractivity contribution in [2.24, 2.45) is 0 Å². The summed E-state index contributed by atoms with van der Waals surface area (Å²) >= 11 is 0. The van der Waals surface area contributed by atoms with Gasteiger partial charge in [-0.2, -0.15) is 0 Å². The Hall–Kier alpha value is -1.83. The number of esters is 1. The zero-order valence-electron chi connectivity index (χ0n) is 13.1. The van der Waals surface area contributed by atoms with Gasteiger partial charge >= 0.3 is 5.97 Å². The van der Waals surface area contributed by atoms with Gasteiger partial charge in [-0.05, 0) is 17.5 Å². The molecule has 0 saturated heterocycles. The molecule has 0 amide bonds. The highest BCUT2D eigenvalue weighted by atomic mass is 16.5. The van der Waals surface area contributed by atoms with Crippen LogP contribution in [0.1, 0.15) is 56.6 Å². The molecule has 0 fully saturated rings. The molecule has 0 spiro atoms. The van der Waals surface area contributed by atoms with E-state index >= 15 is 0 Å². The lowest BCUT2D eigenvalue weighted by Crippen LogP contribution is -2.08. The Bertz CT molecular complexity index is 474. The summed E-state index contributed by atoms with van der Waals surface area (Å²) in [5.74, 6) is -0.335. The summed E-state index contributed by atoms with van der Waals surface area (Å²) in [5, 5.41) is 0. The molecule has 114 valence electrons. The monoisotopic (exact) mass is 286 g/mol. The molecule has 1 aromatic carbocycles. The number of unbranched alkanes of at least 4 members (excludes halogenated alkanes) is 5. The first-order chi connectivity index (χ1) is 10.2. The highest BCUT2D eigenvalue weighted by Gasteiger charge is 2.12. The van der Waals surface area contributed by atoms with Gasteiger partial charge in [0.2, 0.25) is 0 Å². The fourth-order valence-corrected chi connectivity index (χ4v) is 2.19. The summed E-state index contributed by atoms with van der Waals surface area (Å²) in [6.07, 6.45) is 8.78. The maximum atomic E-state index is 12.0. The van der Waals surface area contributed by atoms with Crippen molar-refractivity contribution in [2.75, 3.05) is 6.61 Å². The molecule has 0 radical (unpaired) electrons. The van der Waals surface area contributed by atoms with Crippen molar-refractivity contribution in [1.29, 1.82) is 0 Å². The van der Waals surface area contributed by atoms with E-state index in [1.165, 1.54) is 25.7 Å². The van der Waals surface area contributed by atoms with E-state index in [9.17, 15) is 4.79 Å². The first-order valence-corrected chi connectivity index (χ1v) is 7.78. The minimum Gasteiger partial charge on any atom is -0.462 e. The van der Waals surface area contributed by atoms with Crippen LogP contribution in [0.25, 0.3) is 11.6 Å². The molecule has 0 unspecified atom stereocenters. The van der Waals surface area contributed by atoms with E-state index in [0.717, 1.165) is 24.0 Å². The van der Waals surface area contributed by atoms with Crippen molar-refractivity contribution in [3.05, 3.63) is 48.6 Å². The molecule has 2 heteroatoms. The summed E-state index contributed by atoms with van der Waals surface area (Å²) in [6.45, 7) is 10.3. The zero-order chi connectivity index (χ0) is 15.5. The molecular weight excluding hydrogens is 260 g/mol. The van der Waals surface area contributed by atoms with Crippen molar-refractivity contribution in [3.8, 4) is 0 Å². The third-order valence-corrected chi connectivity index (χ3v) is 3.48. The van der Waals surface area contributed by atoms with Gasteiger partial charge in [0.25, 0.3) is 0 Å². The van der Waals surface area contributed by atoms with E-state index in [1.54, 1.807) is 6.08 Å². The lowest BCUT2D eigenvalue weighted by atomic mass is 10.0. The van der Waals surface area contributed by atoms with E-state index in [1.807, 2.05) is 24.3 Å². The van der Waals surface area contributed by atoms with Crippen LogP contribution in [0.4, 0.5) is 0 Å². The van der Waals surface area contributed by atoms with E-state index in [4.69, 9.17) is 4.74 Å². The third kappa shape index (κ3) is 5.99. The quantitative estimate of drug-likeness (QED) is 0.334. The number of carbonyl (C=O) groups excluding carboxylic acids is 1. The van der Waals surface area contributed by atoms with E-state index in [-0.39, 0.29) is 5.97 Å². The Morgan fingerprint density at radius 2 is 1.81 bits per heavy atom. The second kappa shape index (κ2) is 9.98. The van der Waals surface area contributed by atoms with Gasteiger partial charge < -0.3 is 4.74 Å². The molecule has 0 bridgehead atoms. The van der Waals surface area contributed by atoms with E-state index in [0.29, 0.717) is 12.2 Å². The Labute approximate surface area is 128 Å². The van der Waals surface area contributed by atoms with Gasteiger partial charge in [0.05, 0.1) is 12.2 Å². The van der Waals surface area contributed by atoms with Crippen molar-refractivity contribution in [1.82, 2.24) is 0 Å².